The molecule has 0 bridgehead atoms. The highest BCUT2D eigenvalue weighted by Gasteiger charge is 2.19. The van der Waals surface area contributed by atoms with Crippen molar-refractivity contribution in [3.8, 4) is 11.6 Å². The molecule has 2 N–H and O–H groups in total. The van der Waals surface area contributed by atoms with Crippen LogP contribution in [0.5, 0.6) is 11.6 Å². The molecular formula is C15H17N3O3. The fourth-order valence-electron chi connectivity index (χ4n) is 2.07. The average molecular weight is 287 g/mol. The van der Waals surface area contributed by atoms with E-state index in [2.05, 4.69) is 4.98 Å². The van der Waals surface area contributed by atoms with Gasteiger partial charge in [-0.1, -0.05) is 6.07 Å². The van der Waals surface area contributed by atoms with E-state index in [1.54, 1.807) is 32.2 Å². The number of rotatable bonds is 4. The van der Waals surface area contributed by atoms with E-state index in [9.17, 15) is 10.1 Å². The molecule has 1 heterocycles. The van der Waals surface area contributed by atoms with Crippen molar-refractivity contribution < 1.29 is 9.66 Å². The van der Waals surface area contributed by atoms with E-state index in [-0.39, 0.29) is 17.5 Å². The van der Waals surface area contributed by atoms with E-state index >= 15 is 0 Å². The van der Waals surface area contributed by atoms with Crippen LogP contribution >= 0.6 is 0 Å². The first-order chi connectivity index (χ1) is 9.88. The fourth-order valence-corrected chi connectivity index (χ4v) is 2.07. The molecule has 110 valence electrons. The van der Waals surface area contributed by atoms with Crippen LogP contribution in [0.15, 0.2) is 30.5 Å². The first-order valence-electron chi connectivity index (χ1n) is 6.53. The van der Waals surface area contributed by atoms with Gasteiger partial charge in [-0.05, 0) is 43.5 Å². The van der Waals surface area contributed by atoms with Crippen molar-refractivity contribution in [3.05, 3.63) is 57.3 Å². The molecule has 1 atom stereocenters. The van der Waals surface area contributed by atoms with E-state index in [4.69, 9.17) is 10.5 Å². The summed E-state index contributed by atoms with van der Waals surface area (Å²) in [4.78, 5) is 14.8. The van der Waals surface area contributed by atoms with Crippen LogP contribution in [0, 0.1) is 24.0 Å². The minimum atomic E-state index is -0.454. The standard InChI is InChI=1S/C15H17N3O3/c1-9-6-10(2)15(13(7-9)18(19)20)21-14-8-12(11(3)16)4-5-17-14/h4-8,11H,16H2,1-3H3. The Morgan fingerprint density at radius 1 is 1.33 bits per heavy atom. The van der Waals surface area contributed by atoms with Gasteiger partial charge in [0.15, 0.2) is 0 Å². The van der Waals surface area contributed by atoms with Crippen LogP contribution in [0.1, 0.15) is 29.7 Å². The number of nitro groups is 1. The van der Waals surface area contributed by atoms with E-state index in [1.807, 2.05) is 13.0 Å². The zero-order chi connectivity index (χ0) is 15.6. The quantitative estimate of drug-likeness (QED) is 0.687. The van der Waals surface area contributed by atoms with Crippen molar-refractivity contribution in [2.75, 3.05) is 0 Å². The van der Waals surface area contributed by atoms with Gasteiger partial charge in [0.2, 0.25) is 11.6 Å². The van der Waals surface area contributed by atoms with Crippen molar-refractivity contribution in [1.82, 2.24) is 4.98 Å². The summed E-state index contributed by atoms with van der Waals surface area (Å²) in [5.74, 6) is 0.500. The number of nitrogens with two attached hydrogens (primary N) is 1. The molecule has 0 aliphatic carbocycles. The van der Waals surface area contributed by atoms with Gasteiger partial charge in [-0.2, -0.15) is 0 Å². The summed E-state index contributed by atoms with van der Waals surface area (Å²) in [6.45, 7) is 5.42. The molecule has 2 rings (SSSR count). The number of aromatic nitrogens is 1. The lowest BCUT2D eigenvalue weighted by molar-refractivity contribution is -0.385. The number of nitro benzene ring substituents is 1. The van der Waals surface area contributed by atoms with E-state index < -0.39 is 4.92 Å². The first-order valence-corrected chi connectivity index (χ1v) is 6.53. The molecule has 6 heteroatoms. The SMILES string of the molecule is Cc1cc(C)c(Oc2cc(C(C)N)ccn2)c([N+](=O)[O-])c1. The lowest BCUT2D eigenvalue weighted by atomic mass is 10.1. The van der Waals surface area contributed by atoms with E-state index in [0.29, 0.717) is 11.4 Å². The second-order valence-electron chi connectivity index (χ2n) is 5.01. The molecule has 6 nitrogen and oxygen atoms in total. The highest BCUT2D eigenvalue weighted by Crippen LogP contribution is 2.35. The van der Waals surface area contributed by atoms with Gasteiger partial charge in [0, 0.05) is 24.4 Å². The molecular weight excluding hydrogens is 270 g/mol. The van der Waals surface area contributed by atoms with E-state index in [0.717, 1.165) is 11.1 Å². The Kier molecular flexibility index (Phi) is 4.18. The minimum Gasteiger partial charge on any atom is -0.432 e. The molecule has 0 saturated heterocycles. The van der Waals surface area contributed by atoms with Crippen molar-refractivity contribution in [2.24, 2.45) is 5.73 Å². The van der Waals surface area contributed by atoms with Gasteiger partial charge in [0.05, 0.1) is 4.92 Å². The van der Waals surface area contributed by atoms with Gasteiger partial charge in [-0.15, -0.1) is 0 Å². The van der Waals surface area contributed by atoms with Gasteiger partial charge >= 0.3 is 5.69 Å². The van der Waals surface area contributed by atoms with Gasteiger partial charge < -0.3 is 10.5 Å². The molecule has 0 saturated carbocycles. The van der Waals surface area contributed by atoms with Crippen molar-refractivity contribution in [1.29, 1.82) is 0 Å². The Bertz CT molecular complexity index is 684. The summed E-state index contributed by atoms with van der Waals surface area (Å²) in [6, 6.07) is 6.63. The third-order valence-corrected chi connectivity index (χ3v) is 3.09. The Balaban J connectivity index is 2.44. The normalized spacial score (nSPS) is 12.0. The minimum absolute atomic E-state index is 0.0690. The third kappa shape index (κ3) is 3.35. The maximum atomic E-state index is 11.2. The van der Waals surface area contributed by atoms with Gasteiger partial charge in [0.25, 0.3) is 0 Å². The predicted molar refractivity (Wildman–Crippen MR) is 79.5 cm³/mol. The molecule has 1 unspecified atom stereocenters. The Morgan fingerprint density at radius 2 is 2.05 bits per heavy atom. The number of hydrogen-bond acceptors (Lipinski definition) is 5. The maximum Gasteiger partial charge on any atom is 0.312 e. The Hall–Kier alpha value is -2.47. The molecule has 0 amide bonds. The first kappa shape index (κ1) is 14.9. The number of benzene rings is 1. The molecule has 0 fully saturated rings. The van der Waals surface area contributed by atoms with Crippen LogP contribution in [0.4, 0.5) is 5.69 Å². The number of aryl methyl sites for hydroxylation is 2. The summed E-state index contributed by atoms with van der Waals surface area (Å²) in [5.41, 5.74) is 8.10. The number of ether oxygens (including phenoxy) is 1. The highest BCUT2D eigenvalue weighted by molar-refractivity contribution is 5.54. The number of pyridine rings is 1. The zero-order valence-corrected chi connectivity index (χ0v) is 12.2. The predicted octanol–water partition coefficient (Wildman–Crippen LogP) is 3.42. The van der Waals surface area contributed by atoms with Crippen LogP contribution < -0.4 is 10.5 Å². The monoisotopic (exact) mass is 287 g/mol. The van der Waals surface area contributed by atoms with Gasteiger partial charge in [-0.3, -0.25) is 10.1 Å². The summed E-state index contributed by atoms with van der Waals surface area (Å²) < 4.78 is 5.64. The topological polar surface area (TPSA) is 91.3 Å². The fraction of sp³-hybridized carbons (Fsp3) is 0.267. The molecule has 0 aliphatic heterocycles. The van der Waals surface area contributed by atoms with Crippen LogP contribution in [0.3, 0.4) is 0 Å². The Morgan fingerprint density at radius 3 is 2.67 bits per heavy atom. The van der Waals surface area contributed by atoms with Gasteiger partial charge in [-0.25, -0.2) is 4.98 Å². The molecule has 0 spiro atoms. The smallest absolute Gasteiger partial charge is 0.312 e. The number of nitrogens with zero attached hydrogens (tertiary/aromatic N) is 2. The highest BCUT2D eigenvalue weighted by atomic mass is 16.6. The van der Waals surface area contributed by atoms with Crippen LogP contribution in [-0.2, 0) is 0 Å². The van der Waals surface area contributed by atoms with Gasteiger partial charge in [0.1, 0.15) is 0 Å². The second kappa shape index (κ2) is 5.88. The summed E-state index contributed by atoms with van der Waals surface area (Å²) in [6.07, 6.45) is 1.57. The summed E-state index contributed by atoms with van der Waals surface area (Å²) in [7, 11) is 0. The Labute approximate surface area is 122 Å². The van der Waals surface area contributed by atoms with Crippen LogP contribution in [0.2, 0.25) is 0 Å². The lowest BCUT2D eigenvalue weighted by Gasteiger charge is -2.11. The molecule has 2 aromatic rings. The zero-order valence-electron chi connectivity index (χ0n) is 12.2. The third-order valence-electron chi connectivity index (χ3n) is 3.09. The lowest BCUT2D eigenvalue weighted by Crippen LogP contribution is -2.05. The summed E-state index contributed by atoms with van der Waals surface area (Å²) >= 11 is 0. The molecule has 21 heavy (non-hydrogen) atoms. The van der Waals surface area contributed by atoms with Crippen LogP contribution in [-0.4, -0.2) is 9.91 Å². The maximum absolute atomic E-state index is 11.2. The van der Waals surface area contributed by atoms with Crippen molar-refractivity contribution in [3.63, 3.8) is 0 Å². The van der Waals surface area contributed by atoms with E-state index in [1.165, 1.54) is 6.07 Å². The molecule has 1 aromatic heterocycles. The number of hydrogen-bond donors (Lipinski definition) is 1. The largest absolute Gasteiger partial charge is 0.432 e. The van der Waals surface area contributed by atoms with Crippen LogP contribution in [0.25, 0.3) is 0 Å². The van der Waals surface area contributed by atoms with Crippen molar-refractivity contribution >= 4 is 5.69 Å². The molecule has 1 aromatic carbocycles. The summed E-state index contributed by atoms with van der Waals surface area (Å²) in [5, 5.41) is 11.2. The van der Waals surface area contributed by atoms with Crippen molar-refractivity contribution in [2.45, 2.75) is 26.8 Å². The molecule has 0 aliphatic rings. The second-order valence-corrected chi connectivity index (χ2v) is 5.01. The molecule has 0 radical (unpaired) electrons. The average Bonchev–Trinajstić information content (AvgIpc) is 2.41.